The highest BCUT2D eigenvalue weighted by molar-refractivity contribution is 5.91. The predicted molar refractivity (Wildman–Crippen MR) is 74.7 cm³/mol. The van der Waals surface area contributed by atoms with Crippen molar-refractivity contribution in [2.75, 3.05) is 12.3 Å². The van der Waals surface area contributed by atoms with Gasteiger partial charge in [0.05, 0.1) is 0 Å². The van der Waals surface area contributed by atoms with Gasteiger partial charge in [-0.1, -0.05) is 18.2 Å². The lowest BCUT2D eigenvalue weighted by atomic mass is 10.1. The van der Waals surface area contributed by atoms with Gasteiger partial charge in [0.25, 0.3) is 5.91 Å². The van der Waals surface area contributed by atoms with Crippen LogP contribution in [0.3, 0.4) is 0 Å². The van der Waals surface area contributed by atoms with Gasteiger partial charge in [0.15, 0.2) is 5.76 Å². The number of nitrogens with zero attached hydrogens (tertiary/aromatic N) is 1. The molecule has 0 saturated carbocycles. The van der Waals surface area contributed by atoms with Crippen molar-refractivity contribution in [3.8, 4) is 0 Å². The highest BCUT2D eigenvalue weighted by atomic mass is 16.3. The molecule has 0 unspecified atom stereocenters. The molecule has 0 atom stereocenters. The van der Waals surface area contributed by atoms with Crippen LogP contribution in [-0.2, 0) is 6.54 Å². The number of aryl methyl sites for hydroxylation is 1. The molecule has 1 heterocycles. The second-order valence-electron chi connectivity index (χ2n) is 4.43. The second-order valence-corrected chi connectivity index (χ2v) is 4.43. The Kier molecular flexibility index (Phi) is 3.90. The van der Waals surface area contributed by atoms with Crippen LogP contribution in [-0.4, -0.2) is 17.4 Å². The average Bonchev–Trinajstić information content (AvgIpc) is 2.84. The zero-order valence-electron chi connectivity index (χ0n) is 11.2. The maximum absolute atomic E-state index is 12.3. The minimum Gasteiger partial charge on any atom is -0.456 e. The Hall–Kier alpha value is -2.23. The molecular weight excluding hydrogens is 240 g/mol. The molecule has 0 aliphatic rings. The molecule has 1 aromatic carbocycles. The van der Waals surface area contributed by atoms with Crippen molar-refractivity contribution in [2.45, 2.75) is 20.4 Å². The minimum absolute atomic E-state index is 0.112. The SMILES string of the molecule is CCN(Cc1ccccc1N)C(=O)c1ccc(C)o1. The molecule has 100 valence electrons. The van der Waals surface area contributed by atoms with Crippen LogP contribution >= 0.6 is 0 Å². The van der Waals surface area contributed by atoms with Crippen molar-refractivity contribution < 1.29 is 9.21 Å². The van der Waals surface area contributed by atoms with Crippen LogP contribution in [0, 0.1) is 6.92 Å². The van der Waals surface area contributed by atoms with Gasteiger partial charge in [0.2, 0.25) is 0 Å². The van der Waals surface area contributed by atoms with E-state index < -0.39 is 0 Å². The van der Waals surface area contributed by atoms with Crippen LogP contribution in [0.2, 0.25) is 0 Å². The van der Waals surface area contributed by atoms with Crippen molar-refractivity contribution in [1.82, 2.24) is 4.90 Å². The molecule has 4 heteroatoms. The van der Waals surface area contributed by atoms with E-state index in [1.165, 1.54) is 0 Å². The Balaban J connectivity index is 2.17. The predicted octanol–water partition coefficient (Wildman–Crippen LogP) is 2.83. The van der Waals surface area contributed by atoms with Crippen LogP contribution in [0.5, 0.6) is 0 Å². The number of benzene rings is 1. The molecule has 2 aromatic rings. The van der Waals surface area contributed by atoms with Gasteiger partial charge in [-0.15, -0.1) is 0 Å². The summed E-state index contributed by atoms with van der Waals surface area (Å²) >= 11 is 0. The number of carbonyl (C=O) groups excluding carboxylic acids is 1. The highest BCUT2D eigenvalue weighted by Crippen LogP contribution is 2.16. The first-order chi connectivity index (χ1) is 9.11. The quantitative estimate of drug-likeness (QED) is 0.858. The average molecular weight is 258 g/mol. The molecule has 0 aliphatic heterocycles. The molecule has 2 N–H and O–H groups in total. The summed E-state index contributed by atoms with van der Waals surface area (Å²) in [6.07, 6.45) is 0. The number of anilines is 1. The highest BCUT2D eigenvalue weighted by Gasteiger charge is 2.18. The van der Waals surface area contributed by atoms with E-state index in [2.05, 4.69) is 0 Å². The van der Waals surface area contributed by atoms with Gasteiger partial charge in [-0.3, -0.25) is 4.79 Å². The molecule has 4 nitrogen and oxygen atoms in total. The number of furan rings is 1. The van der Waals surface area contributed by atoms with Gasteiger partial charge in [-0.25, -0.2) is 0 Å². The van der Waals surface area contributed by atoms with E-state index in [1.54, 1.807) is 17.0 Å². The summed E-state index contributed by atoms with van der Waals surface area (Å²) in [6, 6.07) is 11.1. The Labute approximate surface area is 112 Å². The van der Waals surface area contributed by atoms with Crippen molar-refractivity contribution in [3.63, 3.8) is 0 Å². The van der Waals surface area contributed by atoms with Crippen molar-refractivity contribution in [2.24, 2.45) is 0 Å². The first-order valence-corrected chi connectivity index (χ1v) is 6.31. The molecule has 1 amide bonds. The molecule has 19 heavy (non-hydrogen) atoms. The number of hydrogen-bond acceptors (Lipinski definition) is 3. The third kappa shape index (κ3) is 2.96. The van der Waals surface area contributed by atoms with Crippen LogP contribution in [0.15, 0.2) is 40.8 Å². The number of para-hydroxylation sites is 1. The number of nitrogens with two attached hydrogens (primary N) is 1. The lowest BCUT2D eigenvalue weighted by Gasteiger charge is -2.20. The maximum atomic E-state index is 12.3. The summed E-state index contributed by atoms with van der Waals surface area (Å²) < 4.78 is 5.37. The number of hydrogen-bond donors (Lipinski definition) is 1. The molecule has 0 aliphatic carbocycles. The molecular formula is C15H18N2O2. The molecule has 0 spiro atoms. The lowest BCUT2D eigenvalue weighted by Crippen LogP contribution is -2.30. The van der Waals surface area contributed by atoms with E-state index in [0.29, 0.717) is 24.5 Å². The molecule has 0 bridgehead atoms. The fraction of sp³-hybridized carbons (Fsp3) is 0.267. The first-order valence-electron chi connectivity index (χ1n) is 6.31. The lowest BCUT2D eigenvalue weighted by molar-refractivity contribution is 0.0719. The zero-order valence-corrected chi connectivity index (χ0v) is 11.2. The fourth-order valence-corrected chi connectivity index (χ4v) is 1.92. The summed E-state index contributed by atoms with van der Waals surface area (Å²) in [5.74, 6) is 0.992. The topological polar surface area (TPSA) is 59.5 Å². The van der Waals surface area contributed by atoms with Gasteiger partial charge < -0.3 is 15.1 Å². The number of nitrogen functional groups attached to an aromatic ring is 1. The Morgan fingerprint density at radius 2 is 2.00 bits per heavy atom. The Morgan fingerprint density at radius 1 is 1.26 bits per heavy atom. The Morgan fingerprint density at radius 3 is 2.58 bits per heavy atom. The number of rotatable bonds is 4. The van der Waals surface area contributed by atoms with Gasteiger partial charge in [0, 0.05) is 18.8 Å². The zero-order chi connectivity index (χ0) is 13.8. The van der Waals surface area contributed by atoms with E-state index in [9.17, 15) is 4.79 Å². The molecule has 0 radical (unpaired) electrons. The summed E-state index contributed by atoms with van der Waals surface area (Å²) in [6.45, 7) is 4.85. The number of carbonyl (C=O) groups is 1. The maximum Gasteiger partial charge on any atom is 0.289 e. The smallest absolute Gasteiger partial charge is 0.289 e. The van der Waals surface area contributed by atoms with E-state index in [0.717, 1.165) is 11.3 Å². The summed E-state index contributed by atoms with van der Waals surface area (Å²) in [5.41, 5.74) is 7.55. The van der Waals surface area contributed by atoms with E-state index in [4.69, 9.17) is 10.2 Å². The third-order valence-corrected chi connectivity index (χ3v) is 3.04. The largest absolute Gasteiger partial charge is 0.456 e. The molecule has 1 aromatic heterocycles. The summed E-state index contributed by atoms with van der Waals surface area (Å²) in [5, 5.41) is 0. The van der Waals surface area contributed by atoms with Crippen LogP contribution < -0.4 is 5.73 Å². The van der Waals surface area contributed by atoms with E-state index in [1.807, 2.05) is 38.1 Å². The van der Waals surface area contributed by atoms with E-state index >= 15 is 0 Å². The second kappa shape index (κ2) is 5.61. The van der Waals surface area contributed by atoms with Crippen molar-refractivity contribution in [3.05, 3.63) is 53.5 Å². The summed E-state index contributed by atoms with van der Waals surface area (Å²) in [7, 11) is 0. The summed E-state index contributed by atoms with van der Waals surface area (Å²) in [4.78, 5) is 14.0. The third-order valence-electron chi connectivity index (χ3n) is 3.04. The molecule has 2 rings (SSSR count). The Bertz CT molecular complexity index is 575. The minimum atomic E-state index is -0.112. The van der Waals surface area contributed by atoms with Crippen molar-refractivity contribution >= 4 is 11.6 Å². The van der Waals surface area contributed by atoms with Gasteiger partial charge in [-0.2, -0.15) is 0 Å². The monoisotopic (exact) mass is 258 g/mol. The standard InChI is InChI=1S/C15H18N2O2/c1-3-17(10-12-6-4-5-7-13(12)16)15(18)14-9-8-11(2)19-14/h4-9H,3,10,16H2,1-2H3. The molecule has 0 fully saturated rings. The van der Waals surface area contributed by atoms with Gasteiger partial charge >= 0.3 is 0 Å². The fourth-order valence-electron chi connectivity index (χ4n) is 1.92. The van der Waals surface area contributed by atoms with Crippen molar-refractivity contribution in [1.29, 1.82) is 0 Å². The van der Waals surface area contributed by atoms with E-state index in [-0.39, 0.29) is 5.91 Å². The van der Waals surface area contributed by atoms with Gasteiger partial charge in [0.1, 0.15) is 5.76 Å². The van der Waals surface area contributed by atoms with Crippen LogP contribution in [0.4, 0.5) is 5.69 Å². The van der Waals surface area contributed by atoms with Crippen LogP contribution in [0.25, 0.3) is 0 Å². The number of amides is 1. The normalized spacial score (nSPS) is 10.4. The first kappa shape index (κ1) is 13.2. The van der Waals surface area contributed by atoms with Gasteiger partial charge in [-0.05, 0) is 37.6 Å². The molecule has 0 saturated heterocycles. The van der Waals surface area contributed by atoms with Crippen LogP contribution in [0.1, 0.15) is 28.8 Å².